The molecular weight excluding hydrogens is 402 g/mol. The number of phenolic OH excluding ortho intramolecular Hbond substituents is 2. The van der Waals surface area contributed by atoms with Gasteiger partial charge in [0.1, 0.15) is 0 Å². The molecule has 3 aromatic rings. The summed E-state index contributed by atoms with van der Waals surface area (Å²) in [4.78, 5) is 9.07. The number of phenols is 2. The van der Waals surface area contributed by atoms with Crippen molar-refractivity contribution in [2.75, 3.05) is 24.4 Å². The minimum absolute atomic E-state index is 0.0296. The van der Waals surface area contributed by atoms with Gasteiger partial charge in [-0.25, -0.2) is 4.68 Å². The standard InChI is InChI=1S/C20H29N7O4/c1-10(2)13(9-28)22-20-23-18(15-19(24-20)27(11(3)4)26-25-15)21-8-12-6-7-14(31-5)17(30)16(12)29/h6-7,10-11,13,28-30H,8-9H2,1-5H3,(H2,21,22,23,24)/t13-/m0/s1. The summed E-state index contributed by atoms with van der Waals surface area (Å²) in [6.45, 7) is 8.02. The number of fused-ring (bicyclic) bond motifs is 1. The molecular formula is C20H29N7O4. The van der Waals surface area contributed by atoms with Gasteiger partial charge in [-0.15, -0.1) is 5.10 Å². The molecule has 31 heavy (non-hydrogen) atoms. The molecule has 0 unspecified atom stereocenters. The van der Waals surface area contributed by atoms with E-state index in [0.717, 1.165) is 0 Å². The molecule has 2 heterocycles. The van der Waals surface area contributed by atoms with Crippen LogP contribution in [-0.2, 0) is 6.54 Å². The molecule has 5 N–H and O–H groups in total. The molecule has 0 spiro atoms. The van der Waals surface area contributed by atoms with E-state index < -0.39 is 0 Å². The number of hydrogen-bond donors (Lipinski definition) is 5. The maximum Gasteiger partial charge on any atom is 0.227 e. The van der Waals surface area contributed by atoms with Crippen LogP contribution in [0.5, 0.6) is 17.2 Å². The topological polar surface area (TPSA) is 150 Å². The van der Waals surface area contributed by atoms with Crippen LogP contribution in [0.2, 0.25) is 0 Å². The summed E-state index contributed by atoms with van der Waals surface area (Å²) in [5.74, 6) is 0.476. The number of aliphatic hydroxyl groups is 1. The second-order valence-corrected chi connectivity index (χ2v) is 7.85. The molecule has 11 heteroatoms. The summed E-state index contributed by atoms with van der Waals surface area (Å²) in [6, 6.07) is 3.01. The number of nitrogens with zero attached hydrogens (tertiary/aromatic N) is 5. The molecule has 0 saturated carbocycles. The molecule has 0 amide bonds. The summed E-state index contributed by atoms with van der Waals surface area (Å²) in [6.07, 6.45) is 0. The van der Waals surface area contributed by atoms with E-state index in [0.29, 0.717) is 28.5 Å². The lowest BCUT2D eigenvalue weighted by molar-refractivity contribution is 0.248. The number of ether oxygens (including phenoxy) is 1. The highest BCUT2D eigenvalue weighted by Crippen LogP contribution is 2.38. The Morgan fingerprint density at radius 3 is 2.45 bits per heavy atom. The van der Waals surface area contributed by atoms with Gasteiger partial charge >= 0.3 is 0 Å². The molecule has 0 aliphatic carbocycles. The molecule has 0 saturated heterocycles. The summed E-state index contributed by atoms with van der Waals surface area (Å²) < 4.78 is 6.70. The SMILES string of the molecule is COc1ccc(CNc2nc(N[C@@H](CO)C(C)C)nc3c2nnn3C(C)C)c(O)c1O. The van der Waals surface area contributed by atoms with Crippen LogP contribution in [0.25, 0.3) is 11.2 Å². The summed E-state index contributed by atoms with van der Waals surface area (Å²) in [7, 11) is 1.41. The minimum atomic E-state index is -0.328. The van der Waals surface area contributed by atoms with Crippen LogP contribution in [0, 0.1) is 5.92 Å². The van der Waals surface area contributed by atoms with Crippen LogP contribution < -0.4 is 15.4 Å². The van der Waals surface area contributed by atoms with Gasteiger partial charge in [0.25, 0.3) is 0 Å². The van der Waals surface area contributed by atoms with E-state index in [9.17, 15) is 15.3 Å². The number of aromatic hydroxyl groups is 2. The molecule has 2 aromatic heterocycles. The van der Waals surface area contributed by atoms with Crippen molar-refractivity contribution in [3.05, 3.63) is 17.7 Å². The number of nitrogens with one attached hydrogen (secondary N) is 2. The van der Waals surface area contributed by atoms with Gasteiger partial charge < -0.3 is 30.7 Å². The second-order valence-electron chi connectivity index (χ2n) is 7.85. The fourth-order valence-corrected chi connectivity index (χ4v) is 3.04. The lowest BCUT2D eigenvalue weighted by atomic mass is 10.1. The smallest absolute Gasteiger partial charge is 0.227 e. The third-order valence-electron chi connectivity index (χ3n) is 4.99. The maximum absolute atomic E-state index is 10.3. The first-order chi connectivity index (χ1) is 14.8. The second kappa shape index (κ2) is 9.21. The van der Waals surface area contributed by atoms with Crippen LogP contribution in [0.3, 0.4) is 0 Å². The largest absolute Gasteiger partial charge is 0.504 e. The number of hydrogen-bond acceptors (Lipinski definition) is 10. The number of rotatable bonds is 9. The molecule has 0 aliphatic heterocycles. The molecule has 0 fully saturated rings. The lowest BCUT2D eigenvalue weighted by Crippen LogP contribution is -2.30. The fraction of sp³-hybridized carbons (Fsp3) is 0.500. The summed E-state index contributed by atoms with van der Waals surface area (Å²) >= 11 is 0. The molecule has 0 aliphatic rings. The van der Waals surface area contributed by atoms with Crippen LogP contribution in [0.15, 0.2) is 12.1 Å². The number of anilines is 2. The van der Waals surface area contributed by atoms with Gasteiger partial charge in [-0.05, 0) is 31.9 Å². The van der Waals surface area contributed by atoms with E-state index in [1.165, 1.54) is 7.11 Å². The Morgan fingerprint density at radius 1 is 1.10 bits per heavy atom. The van der Waals surface area contributed by atoms with E-state index in [2.05, 4.69) is 30.9 Å². The van der Waals surface area contributed by atoms with Crippen molar-refractivity contribution in [3.63, 3.8) is 0 Å². The zero-order chi connectivity index (χ0) is 22.7. The Morgan fingerprint density at radius 2 is 1.84 bits per heavy atom. The molecule has 1 aromatic carbocycles. The van der Waals surface area contributed by atoms with E-state index in [4.69, 9.17) is 4.74 Å². The van der Waals surface area contributed by atoms with Crippen molar-refractivity contribution in [1.82, 2.24) is 25.0 Å². The Kier molecular flexibility index (Phi) is 6.64. The Labute approximate surface area is 180 Å². The van der Waals surface area contributed by atoms with Crippen molar-refractivity contribution in [3.8, 4) is 17.2 Å². The highest BCUT2D eigenvalue weighted by Gasteiger charge is 2.20. The average Bonchev–Trinajstić information content (AvgIpc) is 3.17. The minimum Gasteiger partial charge on any atom is -0.504 e. The summed E-state index contributed by atoms with van der Waals surface area (Å²) in [5, 5.41) is 44.7. The quantitative estimate of drug-likeness (QED) is 0.319. The molecule has 0 bridgehead atoms. The monoisotopic (exact) mass is 431 g/mol. The number of benzene rings is 1. The van der Waals surface area contributed by atoms with Gasteiger partial charge in [-0.3, -0.25) is 0 Å². The van der Waals surface area contributed by atoms with Crippen molar-refractivity contribution in [1.29, 1.82) is 0 Å². The van der Waals surface area contributed by atoms with Gasteiger partial charge in [0.2, 0.25) is 11.7 Å². The van der Waals surface area contributed by atoms with E-state index >= 15 is 0 Å². The number of aromatic nitrogens is 5. The van der Waals surface area contributed by atoms with E-state index in [1.54, 1.807) is 16.8 Å². The predicted octanol–water partition coefficient (Wildman–Crippen LogP) is 2.26. The van der Waals surface area contributed by atoms with E-state index in [-0.39, 0.29) is 48.4 Å². The zero-order valence-electron chi connectivity index (χ0n) is 18.3. The van der Waals surface area contributed by atoms with Gasteiger partial charge in [-0.2, -0.15) is 9.97 Å². The van der Waals surface area contributed by atoms with Crippen molar-refractivity contribution in [2.45, 2.75) is 46.3 Å². The Balaban J connectivity index is 1.97. The predicted molar refractivity (Wildman–Crippen MR) is 116 cm³/mol. The molecule has 3 rings (SSSR count). The average molecular weight is 431 g/mol. The van der Waals surface area contributed by atoms with Gasteiger partial charge in [0.15, 0.2) is 28.5 Å². The highest BCUT2D eigenvalue weighted by molar-refractivity contribution is 5.83. The highest BCUT2D eigenvalue weighted by atomic mass is 16.5. The van der Waals surface area contributed by atoms with E-state index in [1.807, 2.05) is 27.7 Å². The van der Waals surface area contributed by atoms with Gasteiger partial charge in [0.05, 0.1) is 25.8 Å². The van der Waals surface area contributed by atoms with Crippen molar-refractivity contribution >= 4 is 22.9 Å². The molecule has 11 nitrogen and oxygen atoms in total. The number of methoxy groups -OCH3 is 1. The van der Waals surface area contributed by atoms with Crippen LogP contribution in [-0.4, -0.2) is 60.0 Å². The zero-order valence-corrected chi connectivity index (χ0v) is 18.3. The van der Waals surface area contributed by atoms with Crippen molar-refractivity contribution in [2.24, 2.45) is 5.92 Å². The Hall–Kier alpha value is -3.34. The van der Waals surface area contributed by atoms with Gasteiger partial charge in [0, 0.05) is 12.1 Å². The first-order valence-electron chi connectivity index (χ1n) is 10.1. The third kappa shape index (κ3) is 4.55. The normalized spacial score (nSPS) is 12.5. The molecule has 0 radical (unpaired) electrons. The van der Waals surface area contributed by atoms with Crippen molar-refractivity contribution < 1.29 is 20.1 Å². The maximum atomic E-state index is 10.3. The van der Waals surface area contributed by atoms with Gasteiger partial charge in [-0.1, -0.05) is 19.1 Å². The van der Waals surface area contributed by atoms with Crippen LogP contribution in [0.1, 0.15) is 39.3 Å². The molecule has 168 valence electrons. The van der Waals surface area contributed by atoms with Crippen LogP contribution >= 0.6 is 0 Å². The first-order valence-corrected chi connectivity index (χ1v) is 10.1. The number of aliphatic hydroxyl groups excluding tert-OH is 1. The summed E-state index contributed by atoms with van der Waals surface area (Å²) in [5.41, 5.74) is 1.46. The first kappa shape index (κ1) is 22.3. The Bertz CT molecular complexity index is 1050. The lowest BCUT2D eigenvalue weighted by Gasteiger charge is -2.20. The molecule has 1 atom stereocenters. The van der Waals surface area contributed by atoms with Crippen LogP contribution in [0.4, 0.5) is 11.8 Å². The third-order valence-corrected chi connectivity index (χ3v) is 4.99. The fourth-order valence-electron chi connectivity index (χ4n) is 3.04.